The standard InChI is InChI=1S/C16H30N2O2/c1-12-4-2-5-13(8-12)10-17-16(20)18-11-14-6-3-7-15(19)9-14/h12-15,19H,2-11H2,1H3,(H2,17,18,20). The maximum atomic E-state index is 11.8. The van der Waals surface area contributed by atoms with E-state index in [9.17, 15) is 9.90 Å². The third-order valence-corrected chi connectivity index (χ3v) is 4.90. The number of hydrogen-bond donors (Lipinski definition) is 3. The van der Waals surface area contributed by atoms with Gasteiger partial charge in [0.05, 0.1) is 6.10 Å². The summed E-state index contributed by atoms with van der Waals surface area (Å²) >= 11 is 0. The molecule has 20 heavy (non-hydrogen) atoms. The summed E-state index contributed by atoms with van der Waals surface area (Å²) in [7, 11) is 0. The van der Waals surface area contributed by atoms with E-state index in [1.165, 1.54) is 25.7 Å². The topological polar surface area (TPSA) is 61.4 Å². The van der Waals surface area contributed by atoms with Crippen molar-refractivity contribution < 1.29 is 9.90 Å². The number of amides is 2. The Balaban J connectivity index is 1.58. The van der Waals surface area contributed by atoms with Gasteiger partial charge < -0.3 is 15.7 Å². The molecule has 0 aromatic heterocycles. The Labute approximate surface area is 122 Å². The number of carbonyl (C=O) groups is 1. The molecule has 0 radical (unpaired) electrons. The minimum Gasteiger partial charge on any atom is -0.393 e. The second-order valence-corrected chi connectivity index (χ2v) is 6.92. The largest absolute Gasteiger partial charge is 0.393 e. The third-order valence-electron chi connectivity index (χ3n) is 4.90. The van der Waals surface area contributed by atoms with Gasteiger partial charge in [-0.15, -0.1) is 0 Å². The van der Waals surface area contributed by atoms with Crippen molar-refractivity contribution in [3.63, 3.8) is 0 Å². The van der Waals surface area contributed by atoms with Crippen molar-refractivity contribution in [3.05, 3.63) is 0 Å². The fraction of sp³-hybridized carbons (Fsp3) is 0.938. The number of nitrogens with one attached hydrogen (secondary N) is 2. The molecule has 2 rings (SSSR count). The van der Waals surface area contributed by atoms with Crippen LogP contribution in [0.1, 0.15) is 58.3 Å². The average Bonchev–Trinajstić information content (AvgIpc) is 2.43. The first-order chi connectivity index (χ1) is 9.63. The van der Waals surface area contributed by atoms with Gasteiger partial charge in [-0.1, -0.05) is 26.2 Å². The van der Waals surface area contributed by atoms with Crippen LogP contribution >= 0.6 is 0 Å². The van der Waals surface area contributed by atoms with Crippen LogP contribution in [0.4, 0.5) is 4.79 Å². The zero-order valence-electron chi connectivity index (χ0n) is 12.7. The van der Waals surface area contributed by atoms with Crippen LogP contribution < -0.4 is 10.6 Å². The molecular weight excluding hydrogens is 252 g/mol. The van der Waals surface area contributed by atoms with E-state index in [1.807, 2.05) is 0 Å². The normalized spacial score (nSPS) is 34.5. The Morgan fingerprint density at radius 2 is 1.60 bits per heavy atom. The van der Waals surface area contributed by atoms with Gasteiger partial charge in [-0.2, -0.15) is 0 Å². The second-order valence-electron chi connectivity index (χ2n) is 6.92. The maximum Gasteiger partial charge on any atom is 0.314 e. The molecule has 2 amide bonds. The molecule has 0 heterocycles. The molecule has 0 aromatic carbocycles. The summed E-state index contributed by atoms with van der Waals surface area (Å²) in [6, 6.07) is -0.0386. The lowest BCUT2D eigenvalue weighted by atomic mass is 9.82. The molecule has 4 heteroatoms. The lowest BCUT2D eigenvalue weighted by Gasteiger charge is -2.27. The SMILES string of the molecule is CC1CCCC(CNC(=O)NCC2CCCC(O)C2)C1. The molecule has 4 nitrogen and oxygen atoms in total. The predicted octanol–water partition coefficient (Wildman–Crippen LogP) is 2.66. The van der Waals surface area contributed by atoms with E-state index >= 15 is 0 Å². The lowest BCUT2D eigenvalue weighted by molar-refractivity contribution is 0.101. The lowest BCUT2D eigenvalue weighted by Crippen LogP contribution is -2.41. The number of hydrogen-bond acceptors (Lipinski definition) is 2. The fourth-order valence-electron chi connectivity index (χ4n) is 3.73. The maximum absolute atomic E-state index is 11.8. The molecule has 2 fully saturated rings. The van der Waals surface area contributed by atoms with Crippen LogP contribution in [0.5, 0.6) is 0 Å². The monoisotopic (exact) mass is 282 g/mol. The van der Waals surface area contributed by atoms with Crippen LogP contribution in [0, 0.1) is 17.8 Å². The molecule has 3 N–H and O–H groups in total. The van der Waals surface area contributed by atoms with Crippen molar-refractivity contribution >= 4 is 6.03 Å². The highest BCUT2D eigenvalue weighted by Gasteiger charge is 2.21. The van der Waals surface area contributed by atoms with Crippen molar-refractivity contribution in [3.8, 4) is 0 Å². The van der Waals surface area contributed by atoms with Gasteiger partial charge in [0.1, 0.15) is 0 Å². The third kappa shape index (κ3) is 5.31. The molecule has 2 saturated carbocycles. The van der Waals surface area contributed by atoms with Crippen LogP contribution in [-0.2, 0) is 0 Å². The molecule has 0 aliphatic heterocycles. The van der Waals surface area contributed by atoms with E-state index < -0.39 is 0 Å². The summed E-state index contributed by atoms with van der Waals surface area (Å²) in [6.07, 6.45) is 8.92. The summed E-state index contributed by atoms with van der Waals surface area (Å²) in [4.78, 5) is 11.8. The quantitative estimate of drug-likeness (QED) is 0.742. The Hall–Kier alpha value is -0.770. The summed E-state index contributed by atoms with van der Waals surface area (Å²) < 4.78 is 0. The van der Waals surface area contributed by atoms with Crippen LogP contribution in [0.15, 0.2) is 0 Å². The number of aliphatic hydroxyl groups is 1. The molecule has 0 aromatic rings. The van der Waals surface area contributed by atoms with E-state index in [0.717, 1.165) is 38.1 Å². The van der Waals surface area contributed by atoms with Gasteiger partial charge >= 0.3 is 6.03 Å². The fourth-order valence-corrected chi connectivity index (χ4v) is 3.73. The van der Waals surface area contributed by atoms with Gasteiger partial charge in [0.15, 0.2) is 0 Å². The molecule has 2 aliphatic carbocycles. The minimum absolute atomic E-state index is 0.0386. The zero-order valence-corrected chi connectivity index (χ0v) is 12.7. The van der Waals surface area contributed by atoms with Gasteiger partial charge in [0.2, 0.25) is 0 Å². The van der Waals surface area contributed by atoms with E-state index in [-0.39, 0.29) is 12.1 Å². The predicted molar refractivity (Wildman–Crippen MR) is 80.5 cm³/mol. The van der Waals surface area contributed by atoms with E-state index in [2.05, 4.69) is 17.6 Å². The van der Waals surface area contributed by atoms with Crippen LogP contribution in [-0.4, -0.2) is 30.3 Å². The Kier molecular flexibility index (Phi) is 6.14. The molecule has 0 spiro atoms. The summed E-state index contributed by atoms with van der Waals surface area (Å²) in [5, 5.41) is 15.6. The second kappa shape index (κ2) is 7.87. The Morgan fingerprint density at radius 3 is 2.20 bits per heavy atom. The van der Waals surface area contributed by atoms with Crippen molar-refractivity contribution in [2.24, 2.45) is 17.8 Å². The number of rotatable bonds is 4. The number of carbonyl (C=O) groups excluding carboxylic acids is 1. The average molecular weight is 282 g/mol. The van der Waals surface area contributed by atoms with Gasteiger partial charge in [0, 0.05) is 13.1 Å². The molecule has 116 valence electrons. The summed E-state index contributed by atoms with van der Waals surface area (Å²) in [5.41, 5.74) is 0. The van der Waals surface area contributed by atoms with E-state index in [1.54, 1.807) is 0 Å². The zero-order chi connectivity index (χ0) is 14.4. The number of urea groups is 1. The molecule has 0 saturated heterocycles. The molecule has 0 bridgehead atoms. The molecule has 2 aliphatic rings. The highest BCUT2D eigenvalue weighted by Crippen LogP contribution is 2.28. The highest BCUT2D eigenvalue weighted by atomic mass is 16.3. The molecule has 4 atom stereocenters. The van der Waals surface area contributed by atoms with Crippen molar-refractivity contribution in [2.75, 3.05) is 13.1 Å². The van der Waals surface area contributed by atoms with Crippen LogP contribution in [0.25, 0.3) is 0 Å². The van der Waals surface area contributed by atoms with Crippen molar-refractivity contribution in [1.82, 2.24) is 10.6 Å². The van der Waals surface area contributed by atoms with Gasteiger partial charge in [-0.3, -0.25) is 0 Å². The Bertz CT molecular complexity index is 281. The first-order valence-electron chi connectivity index (χ1n) is 8.33. The smallest absolute Gasteiger partial charge is 0.314 e. The first kappa shape index (κ1) is 15.6. The summed E-state index contributed by atoms with van der Waals surface area (Å²) in [5.74, 6) is 1.91. The number of aliphatic hydroxyl groups excluding tert-OH is 1. The van der Waals surface area contributed by atoms with Crippen molar-refractivity contribution in [2.45, 2.75) is 64.4 Å². The van der Waals surface area contributed by atoms with E-state index in [4.69, 9.17) is 0 Å². The first-order valence-corrected chi connectivity index (χ1v) is 8.33. The van der Waals surface area contributed by atoms with Gasteiger partial charge in [-0.25, -0.2) is 4.79 Å². The highest BCUT2D eigenvalue weighted by molar-refractivity contribution is 5.73. The minimum atomic E-state index is -0.165. The van der Waals surface area contributed by atoms with Crippen molar-refractivity contribution in [1.29, 1.82) is 0 Å². The van der Waals surface area contributed by atoms with Crippen LogP contribution in [0.3, 0.4) is 0 Å². The van der Waals surface area contributed by atoms with Gasteiger partial charge in [-0.05, 0) is 49.9 Å². The van der Waals surface area contributed by atoms with Gasteiger partial charge in [0.25, 0.3) is 0 Å². The molecule has 4 unspecified atom stereocenters. The van der Waals surface area contributed by atoms with E-state index in [0.29, 0.717) is 18.4 Å². The molecular formula is C16H30N2O2. The van der Waals surface area contributed by atoms with Crippen LogP contribution in [0.2, 0.25) is 0 Å². The Morgan fingerprint density at radius 1 is 1.00 bits per heavy atom. The summed E-state index contributed by atoms with van der Waals surface area (Å²) in [6.45, 7) is 3.81.